The van der Waals surface area contributed by atoms with Crippen molar-refractivity contribution in [3.05, 3.63) is 24.4 Å². The first kappa shape index (κ1) is 17.5. The predicted octanol–water partition coefficient (Wildman–Crippen LogP) is 2.84. The van der Waals surface area contributed by atoms with E-state index in [9.17, 15) is 9.90 Å². The molecule has 146 valence electrons. The van der Waals surface area contributed by atoms with Crippen LogP contribution in [0.1, 0.15) is 51.4 Å². The maximum atomic E-state index is 13.2. The van der Waals surface area contributed by atoms with Crippen LogP contribution in [-0.2, 0) is 4.79 Å². The number of rotatable bonds is 3. The molecule has 1 aromatic rings. The van der Waals surface area contributed by atoms with Gasteiger partial charge >= 0.3 is 0 Å². The van der Waals surface area contributed by atoms with E-state index in [2.05, 4.69) is 14.8 Å². The maximum absolute atomic E-state index is 13.2. The Hall–Kier alpha value is -1.62. The molecule has 1 amide bonds. The van der Waals surface area contributed by atoms with Gasteiger partial charge in [-0.1, -0.05) is 6.07 Å². The second kappa shape index (κ2) is 6.47. The van der Waals surface area contributed by atoms with Crippen molar-refractivity contribution in [2.24, 2.45) is 17.3 Å². The number of nitrogens with zero attached hydrogens (tertiary/aromatic N) is 3. The normalized spacial score (nSPS) is 38.1. The van der Waals surface area contributed by atoms with E-state index in [1.165, 1.54) is 6.42 Å². The maximum Gasteiger partial charge on any atom is 0.223 e. The van der Waals surface area contributed by atoms with Crippen molar-refractivity contribution < 1.29 is 9.90 Å². The highest BCUT2D eigenvalue weighted by molar-refractivity contribution is 5.77. The molecule has 0 spiro atoms. The molecule has 1 saturated heterocycles. The summed E-state index contributed by atoms with van der Waals surface area (Å²) in [6.45, 7) is 3.43. The molecule has 2 heterocycles. The van der Waals surface area contributed by atoms with E-state index >= 15 is 0 Å². The van der Waals surface area contributed by atoms with Gasteiger partial charge in [-0.3, -0.25) is 4.79 Å². The lowest BCUT2D eigenvalue weighted by Crippen LogP contribution is -2.56. The van der Waals surface area contributed by atoms with Gasteiger partial charge in [-0.15, -0.1) is 0 Å². The standard InChI is InChI=1S/C22H31N3O2/c26-20(15-21-11-17-10-18(12-21)14-22(27,13-17)16-21)25-7-3-6-24(8-9-25)19-4-1-2-5-23-19/h1-2,4-5,17-18,27H,3,6-16H2. The lowest BCUT2D eigenvalue weighted by atomic mass is 9.47. The summed E-state index contributed by atoms with van der Waals surface area (Å²) in [6.07, 6.45) is 9.87. The van der Waals surface area contributed by atoms with Crippen molar-refractivity contribution in [2.45, 2.75) is 57.0 Å². The number of carbonyl (C=O) groups excluding carboxylic acids is 1. The van der Waals surface area contributed by atoms with Crippen LogP contribution >= 0.6 is 0 Å². The van der Waals surface area contributed by atoms with Crippen LogP contribution < -0.4 is 4.90 Å². The van der Waals surface area contributed by atoms with E-state index in [-0.39, 0.29) is 5.41 Å². The van der Waals surface area contributed by atoms with Gasteiger partial charge < -0.3 is 14.9 Å². The van der Waals surface area contributed by atoms with E-state index in [0.717, 1.165) is 70.5 Å². The minimum atomic E-state index is -0.473. The molecule has 2 unspecified atom stereocenters. The Morgan fingerprint density at radius 1 is 1.11 bits per heavy atom. The zero-order valence-corrected chi connectivity index (χ0v) is 16.1. The number of hydrogen-bond donors (Lipinski definition) is 1. The lowest BCUT2D eigenvalue weighted by molar-refractivity contribution is -0.172. The Bertz CT molecular complexity index is 693. The van der Waals surface area contributed by atoms with Crippen LogP contribution in [0.3, 0.4) is 0 Å². The fourth-order valence-corrected chi connectivity index (χ4v) is 6.98. The van der Waals surface area contributed by atoms with Gasteiger partial charge in [0, 0.05) is 38.8 Å². The number of anilines is 1. The topological polar surface area (TPSA) is 56.7 Å². The zero-order chi connectivity index (χ0) is 18.5. The van der Waals surface area contributed by atoms with Gasteiger partial charge in [-0.2, -0.15) is 0 Å². The number of pyridine rings is 1. The lowest BCUT2D eigenvalue weighted by Gasteiger charge is -2.60. The van der Waals surface area contributed by atoms with Gasteiger partial charge in [0.25, 0.3) is 0 Å². The highest BCUT2D eigenvalue weighted by Gasteiger charge is 2.57. The SMILES string of the molecule is O=C(CC12CC3CC(CC(O)(C3)C1)C2)N1CCCN(c2ccccn2)CC1. The third-order valence-electron chi connectivity index (χ3n) is 7.50. The Kier molecular flexibility index (Phi) is 4.19. The summed E-state index contributed by atoms with van der Waals surface area (Å²) in [5.41, 5.74) is -0.401. The van der Waals surface area contributed by atoms with Crippen LogP contribution in [0.5, 0.6) is 0 Å². The Morgan fingerprint density at radius 3 is 2.63 bits per heavy atom. The van der Waals surface area contributed by atoms with E-state index in [1.54, 1.807) is 0 Å². The van der Waals surface area contributed by atoms with Crippen LogP contribution in [0.15, 0.2) is 24.4 Å². The molecule has 5 aliphatic rings. The van der Waals surface area contributed by atoms with Gasteiger partial charge in [-0.25, -0.2) is 4.98 Å². The Balaban J connectivity index is 1.24. The molecule has 5 nitrogen and oxygen atoms in total. The number of aliphatic hydroxyl groups is 1. The molecule has 6 rings (SSSR count). The van der Waals surface area contributed by atoms with Gasteiger partial charge in [0.2, 0.25) is 5.91 Å². The molecule has 27 heavy (non-hydrogen) atoms. The number of hydrogen-bond acceptors (Lipinski definition) is 4. The zero-order valence-electron chi connectivity index (χ0n) is 16.1. The summed E-state index contributed by atoms with van der Waals surface area (Å²) in [6, 6.07) is 6.01. The number of carbonyl (C=O) groups is 1. The molecule has 0 radical (unpaired) electrons. The van der Waals surface area contributed by atoms with Gasteiger partial charge in [0.15, 0.2) is 0 Å². The molecular formula is C22H31N3O2. The molecule has 5 fully saturated rings. The molecule has 1 N–H and O–H groups in total. The van der Waals surface area contributed by atoms with E-state index < -0.39 is 5.60 Å². The Morgan fingerprint density at radius 2 is 1.93 bits per heavy atom. The summed E-state index contributed by atoms with van der Waals surface area (Å²) in [5.74, 6) is 2.61. The van der Waals surface area contributed by atoms with Crippen LogP contribution in [0, 0.1) is 17.3 Å². The Labute approximate surface area is 161 Å². The highest BCUT2D eigenvalue weighted by Crippen LogP contribution is 2.62. The van der Waals surface area contributed by atoms with E-state index in [0.29, 0.717) is 24.2 Å². The monoisotopic (exact) mass is 369 g/mol. The summed E-state index contributed by atoms with van der Waals surface area (Å²) in [4.78, 5) is 22.0. The summed E-state index contributed by atoms with van der Waals surface area (Å²) >= 11 is 0. The molecule has 4 bridgehead atoms. The van der Waals surface area contributed by atoms with Crippen molar-refractivity contribution in [1.82, 2.24) is 9.88 Å². The quantitative estimate of drug-likeness (QED) is 0.890. The minimum absolute atomic E-state index is 0.0723. The smallest absolute Gasteiger partial charge is 0.223 e. The second-order valence-corrected chi connectivity index (χ2v) is 9.77. The fraction of sp³-hybridized carbons (Fsp3) is 0.727. The summed E-state index contributed by atoms with van der Waals surface area (Å²) < 4.78 is 0. The first-order chi connectivity index (χ1) is 13.0. The average Bonchev–Trinajstić information content (AvgIpc) is 2.86. The highest BCUT2D eigenvalue weighted by atomic mass is 16.3. The van der Waals surface area contributed by atoms with Crippen molar-refractivity contribution in [3.63, 3.8) is 0 Å². The molecule has 2 atom stereocenters. The van der Waals surface area contributed by atoms with Gasteiger partial charge in [0.05, 0.1) is 5.60 Å². The van der Waals surface area contributed by atoms with Crippen molar-refractivity contribution in [2.75, 3.05) is 31.1 Å². The third-order valence-corrected chi connectivity index (χ3v) is 7.50. The fourth-order valence-electron chi connectivity index (χ4n) is 6.98. The minimum Gasteiger partial charge on any atom is -0.390 e. The van der Waals surface area contributed by atoms with Crippen LogP contribution in [0.4, 0.5) is 5.82 Å². The molecule has 0 aromatic carbocycles. The molecule has 1 aliphatic heterocycles. The number of aromatic nitrogens is 1. The molecule has 5 heteroatoms. The van der Waals surface area contributed by atoms with Gasteiger partial charge in [-0.05, 0) is 74.3 Å². The van der Waals surface area contributed by atoms with Gasteiger partial charge in [0.1, 0.15) is 5.82 Å². The van der Waals surface area contributed by atoms with Crippen LogP contribution in [0.25, 0.3) is 0 Å². The molecule has 4 aliphatic carbocycles. The molecule has 4 saturated carbocycles. The number of amides is 1. The average molecular weight is 370 g/mol. The first-order valence-corrected chi connectivity index (χ1v) is 10.7. The third kappa shape index (κ3) is 3.35. The summed E-state index contributed by atoms with van der Waals surface area (Å²) in [5, 5.41) is 11.0. The second-order valence-electron chi connectivity index (χ2n) is 9.77. The predicted molar refractivity (Wildman–Crippen MR) is 104 cm³/mol. The van der Waals surface area contributed by atoms with Crippen LogP contribution in [0.2, 0.25) is 0 Å². The van der Waals surface area contributed by atoms with Crippen molar-refractivity contribution in [3.8, 4) is 0 Å². The first-order valence-electron chi connectivity index (χ1n) is 10.7. The van der Waals surface area contributed by atoms with E-state index in [1.807, 2.05) is 24.4 Å². The van der Waals surface area contributed by atoms with E-state index in [4.69, 9.17) is 0 Å². The van der Waals surface area contributed by atoms with Crippen molar-refractivity contribution >= 4 is 11.7 Å². The van der Waals surface area contributed by atoms with Crippen LogP contribution in [-0.4, -0.2) is 52.7 Å². The molecular weight excluding hydrogens is 338 g/mol. The summed E-state index contributed by atoms with van der Waals surface area (Å²) in [7, 11) is 0. The van der Waals surface area contributed by atoms with Crippen molar-refractivity contribution in [1.29, 1.82) is 0 Å². The largest absolute Gasteiger partial charge is 0.390 e. The molecule has 1 aromatic heterocycles.